The molecule has 6 fully saturated rings. The molecule has 6 aliphatic carbocycles. The maximum absolute atomic E-state index is 14.0. The van der Waals surface area contributed by atoms with E-state index in [-0.39, 0.29) is 17.9 Å². The second-order valence-corrected chi connectivity index (χ2v) is 28.1. The molecule has 3 heterocycles. The fourth-order valence-electron chi connectivity index (χ4n) is 13.4. The van der Waals surface area contributed by atoms with Gasteiger partial charge in [0.2, 0.25) is 5.91 Å². The van der Waals surface area contributed by atoms with Crippen LogP contribution in [0.2, 0.25) is 0 Å². The van der Waals surface area contributed by atoms with Gasteiger partial charge in [0.1, 0.15) is 11.5 Å². The first kappa shape index (κ1) is 59.9. The molecular formula is C73H86N6O4S3. The maximum Gasteiger partial charge on any atom is 0.230 e. The molecule has 10 nitrogen and oxygen atoms in total. The third-order valence-electron chi connectivity index (χ3n) is 19.2. The van der Waals surface area contributed by atoms with Crippen molar-refractivity contribution >= 4 is 57.6 Å². The van der Waals surface area contributed by atoms with Crippen LogP contribution in [0.15, 0.2) is 127 Å². The van der Waals surface area contributed by atoms with E-state index in [2.05, 4.69) is 142 Å². The van der Waals surface area contributed by atoms with E-state index in [1.807, 2.05) is 18.2 Å². The lowest BCUT2D eigenvalue weighted by molar-refractivity contribution is -0.124. The van der Waals surface area contributed by atoms with E-state index in [4.69, 9.17) is 19.6 Å². The van der Waals surface area contributed by atoms with Gasteiger partial charge in [0.05, 0.1) is 52.0 Å². The molecule has 13 heteroatoms. The molecule has 0 spiro atoms. The molecule has 3 aromatic heterocycles. The Bertz CT molecular complexity index is 3540. The van der Waals surface area contributed by atoms with Gasteiger partial charge in [-0.15, -0.1) is 0 Å². The van der Waals surface area contributed by atoms with Gasteiger partial charge in [-0.05, 0) is 293 Å². The first-order chi connectivity index (χ1) is 42.0. The summed E-state index contributed by atoms with van der Waals surface area (Å²) in [5.74, 6) is 6.78. The number of nitrogens with zero attached hydrogens (tertiary/aromatic N) is 4. The van der Waals surface area contributed by atoms with Gasteiger partial charge in [-0.2, -0.15) is 13.1 Å². The molecule has 6 saturated carbocycles. The number of rotatable bonds is 17. The van der Waals surface area contributed by atoms with Crippen LogP contribution >= 0.6 is 34.6 Å². The number of amides is 1. The lowest BCUT2D eigenvalue weighted by Crippen LogP contribution is -2.41. The normalized spacial score (nSPS) is 21.9. The van der Waals surface area contributed by atoms with Crippen LogP contribution in [0.5, 0.6) is 11.5 Å². The van der Waals surface area contributed by atoms with Gasteiger partial charge in [0.15, 0.2) is 0 Å². The topological polar surface area (TPSA) is 136 Å². The minimum Gasteiger partial charge on any atom is -0.496 e. The van der Waals surface area contributed by atoms with Crippen LogP contribution in [0, 0.1) is 31.6 Å². The Hall–Kier alpha value is -6.38. The van der Waals surface area contributed by atoms with Crippen LogP contribution in [0.1, 0.15) is 184 Å². The molecule has 0 bridgehead atoms. The number of nitrogens with two attached hydrogens (primary N) is 1. The number of benzene rings is 5. The molecule has 450 valence electrons. The second-order valence-electron chi connectivity index (χ2n) is 25.7. The zero-order chi connectivity index (χ0) is 59.1. The van der Waals surface area contributed by atoms with Crippen molar-refractivity contribution in [3.05, 3.63) is 167 Å². The summed E-state index contributed by atoms with van der Waals surface area (Å²) < 4.78 is 24.7. The van der Waals surface area contributed by atoms with Crippen LogP contribution in [0.3, 0.4) is 0 Å². The lowest BCUT2D eigenvalue weighted by Gasteiger charge is -2.36. The highest BCUT2D eigenvalue weighted by molar-refractivity contribution is 7.10. The number of aromatic nitrogens is 3. The summed E-state index contributed by atoms with van der Waals surface area (Å²) in [7, 11) is 3.48. The second kappa shape index (κ2) is 27.8. The van der Waals surface area contributed by atoms with Gasteiger partial charge in [-0.25, -0.2) is 0 Å². The van der Waals surface area contributed by atoms with Gasteiger partial charge < -0.3 is 30.5 Å². The standard InChI is InChI=1S/C34H42N2O3S.C27H32N2OS.C12H12N2S/c1-22-18-27(14-17-32(22)39-2)24-8-6-23(7-9-24)21-36(34(38)26-12-15-30(37)16-13-26)29-5-3-4-28(19-29)33-20-31(35-40-33)25-10-11-25;1-18-14-22(12-13-26(18)30-2)20-8-6-19(7-9-20)17-28-24-5-3-4-23(15-24)27-16-25(29-31-27)21-10-11-21;13-10-3-1-2-9(6-10)12-7-11(14-15-12)8-4-5-8/h3-5,14,17-20,23-26,30,37H,6-13,15-16,21H2,1-2H3;3-5,12-16,19-21,28H,6-11,17H2,1-2H3;1-3,6-8H,4-5,13H2. The molecule has 8 aromatic rings. The average Bonchev–Trinajstić information content (AvgIpc) is 4.72. The molecule has 14 rings (SSSR count). The fraction of sp³-hybridized carbons (Fsp3) is 0.452. The Morgan fingerprint density at radius 3 is 1.45 bits per heavy atom. The first-order valence-corrected chi connectivity index (χ1v) is 34.3. The molecule has 6 aliphatic rings. The minimum absolute atomic E-state index is 0.00413. The van der Waals surface area contributed by atoms with Gasteiger partial charge in [0, 0.05) is 53.8 Å². The van der Waals surface area contributed by atoms with Crippen molar-refractivity contribution in [1.29, 1.82) is 0 Å². The fourth-order valence-corrected chi connectivity index (χ4v) is 15.8. The number of carbonyl (C=O) groups excluding carboxylic acids is 1. The number of nitrogens with one attached hydrogen (secondary N) is 1. The Morgan fingerprint density at radius 1 is 0.523 bits per heavy atom. The summed E-state index contributed by atoms with van der Waals surface area (Å²) in [5.41, 5.74) is 21.5. The largest absolute Gasteiger partial charge is 0.496 e. The van der Waals surface area contributed by atoms with Gasteiger partial charge in [-0.3, -0.25) is 4.79 Å². The lowest BCUT2D eigenvalue weighted by atomic mass is 9.78. The molecule has 0 aliphatic heterocycles. The Labute approximate surface area is 522 Å². The zero-order valence-electron chi connectivity index (χ0n) is 50.7. The number of aryl methyl sites for hydroxylation is 2. The van der Waals surface area contributed by atoms with Crippen molar-refractivity contribution in [2.24, 2.45) is 17.8 Å². The molecule has 4 N–H and O–H groups in total. The van der Waals surface area contributed by atoms with Crippen molar-refractivity contribution in [1.82, 2.24) is 13.1 Å². The summed E-state index contributed by atoms with van der Waals surface area (Å²) in [6.07, 6.45) is 20.2. The summed E-state index contributed by atoms with van der Waals surface area (Å²) in [4.78, 5) is 19.8. The number of carbonyl (C=O) groups is 1. The summed E-state index contributed by atoms with van der Waals surface area (Å²) >= 11 is 4.79. The molecule has 0 unspecified atom stereocenters. The number of hydrogen-bond donors (Lipinski definition) is 3. The van der Waals surface area contributed by atoms with E-state index >= 15 is 0 Å². The van der Waals surface area contributed by atoms with Gasteiger partial charge in [-0.1, -0.05) is 60.7 Å². The Kier molecular flexibility index (Phi) is 19.3. The number of ether oxygens (including phenoxy) is 2. The smallest absolute Gasteiger partial charge is 0.230 e. The molecule has 0 radical (unpaired) electrons. The highest BCUT2D eigenvalue weighted by atomic mass is 32.1. The summed E-state index contributed by atoms with van der Waals surface area (Å²) in [6, 6.07) is 45.4. The number of nitrogen functional groups attached to an aromatic ring is 1. The minimum atomic E-state index is -0.260. The third-order valence-corrected chi connectivity index (χ3v) is 21.7. The van der Waals surface area contributed by atoms with Crippen molar-refractivity contribution in [2.75, 3.05) is 43.3 Å². The molecule has 5 aromatic carbocycles. The van der Waals surface area contributed by atoms with E-state index in [1.165, 1.54) is 135 Å². The summed E-state index contributed by atoms with van der Waals surface area (Å²) in [5, 5.41) is 13.8. The van der Waals surface area contributed by atoms with E-state index in [0.717, 1.165) is 111 Å². The predicted molar refractivity (Wildman–Crippen MR) is 357 cm³/mol. The van der Waals surface area contributed by atoms with Crippen molar-refractivity contribution in [3.63, 3.8) is 0 Å². The number of hydrogen-bond acceptors (Lipinski definition) is 12. The van der Waals surface area contributed by atoms with Crippen LogP contribution in [0.4, 0.5) is 17.1 Å². The van der Waals surface area contributed by atoms with Crippen molar-refractivity contribution in [3.8, 4) is 42.8 Å². The molecule has 0 atom stereocenters. The number of methoxy groups -OCH3 is 2. The highest BCUT2D eigenvalue weighted by Gasteiger charge is 2.34. The first-order valence-electron chi connectivity index (χ1n) is 32.0. The van der Waals surface area contributed by atoms with E-state index in [0.29, 0.717) is 23.7 Å². The monoisotopic (exact) mass is 1210 g/mol. The summed E-state index contributed by atoms with van der Waals surface area (Å²) in [6.45, 7) is 6.10. The van der Waals surface area contributed by atoms with Crippen LogP contribution < -0.4 is 25.4 Å². The van der Waals surface area contributed by atoms with E-state index < -0.39 is 0 Å². The van der Waals surface area contributed by atoms with Crippen molar-refractivity contribution < 1.29 is 19.4 Å². The van der Waals surface area contributed by atoms with E-state index in [9.17, 15) is 9.90 Å². The third kappa shape index (κ3) is 15.3. The maximum atomic E-state index is 14.0. The SMILES string of the molecule is COc1ccc(C2CCC(CN(C(=O)C3CCC(O)CC3)c3cccc(-c4cc(C5CC5)ns4)c3)CC2)cc1C.COc1ccc(C2CCC(CNc3cccc(-c4cc(C5CC5)ns4)c3)CC2)cc1C.Nc1cccc(-c2cc(C3CC3)ns2)c1. The van der Waals surface area contributed by atoms with Crippen molar-refractivity contribution in [2.45, 2.75) is 165 Å². The Morgan fingerprint density at radius 2 is 0.977 bits per heavy atom. The quantitative estimate of drug-likeness (QED) is 0.0762. The van der Waals surface area contributed by atoms with Crippen LogP contribution in [-0.4, -0.2) is 57.5 Å². The average molecular weight is 1210 g/mol. The number of aliphatic hydroxyl groups is 1. The Balaban J connectivity index is 0.000000138. The molecule has 1 amide bonds. The molecule has 0 saturated heterocycles. The van der Waals surface area contributed by atoms with Gasteiger partial charge in [0.25, 0.3) is 0 Å². The van der Waals surface area contributed by atoms with Crippen LogP contribution in [0.25, 0.3) is 31.3 Å². The molecule has 86 heavy (non-hydrogen) atoms. The molecular weight excluding hydrogens is 1120 g/mol. The zero-order valence-corrected chi connectivity index (χ0v) is 53.2. The highest BCUT2D eigenvalue weighted by Crippen LogP contribution is 2.46. The van der Waals surface area contributed by atoms with Crippen LogP contribution in [-0.2, 0) is 4.79 Å². The number of aliphatic hydroxyl groups excluding tert-OH is 1. The van der Waals surface area contributed by atoms with E-state index in [1.54, 1.807) is 48.8 Å². The predicted octanol–water partition coefficient (Wildman–Crippen LogP) is 18.5. The number of anilines is 3. The van der Waals surface area contributed by atoms with Gasteiger partial charge >= 0.3 is 0 Å².